The van der Waals surface area contributed by atoms with Gasteiger partial charge in [0.1, 0.15) is 5.75 Å². The number of aromatic hydroxyl groups is 1. The van der Waals surface area contributed by atoms with Crippen LogP contribution in [0.3, 0.4) is 0 Å². The minimum atomic E-state index is -0.748. The van der Waals surface area contributed by atoms with Crippen molar-refractivity contribution in [2.24, 2.45) is 5.92 Å². The average molecular weight is 438 g/mol. The number of aliphatic hydroxyl groups excluding tert-OH is 2. The van der Waals surface area contributed by atoms with Crippen LogP contribution in [0.1, 0.15) is 95.1 Å². The van der Waals surface area contributed by atoms with E-state index in [2.05, 4.69) is 24.8 Å². The van der Waals surface area contributed by atoms with Gasteiger partial charge in [0.2, 0.25) is 0 Å². The number of phenols is 1. The van der Waals surface area contributed by atoms with E-state index in [0.717, 1.165) is 62.5 Å². The highest BCUT2D eigenvalue weighted by molar-refractivity contribution is 5.42. The lowest BCUT2D eigenvalue weighted by Gasteiger charge is -2.35. The third-order valence-electron chi connectivity index (χ3n) is 6.80. The van der Waals surface area contributed by atoms with Crippen LogP contribution in [0.25, 0.3) is 0 Å². The van der Waals surface area contributed by atoms with Crippen molar-refractivity contribution in [1.29, 1.82) is 0 Å². The molecular weight excluding hydrogens is 398 g/mol. The van der Waals surface area contributed by atoms with Gasteiger partial charge in [0.15, 0.2) is 0 Å². The summed E-state index contributed by atoms with van der Waals surface area (Å²) in [5.41, 5.74) is 1.91. The fourth-order valence-electron chi connectivity index (χ4n) is 4.88. The van der Waals surface area contributed by atoms with E-state index in [0.29, 0.717) is 24.5 Å². The molecular formula is C24H39NO6. The van der Waals surface area contributed by atoms with Gasteiger partial charge < -0.3 is 20.2 Å². The summed E-state index contributed by atoms with van der Waals surface area (Å²) >= 11 is 0. The van der Waals surface area contributed by atoms with Crippen LogP contribution in [0.2, 0.25) is 0 Å². The van der Waals surface area contributed by atoms with Crippen LogP contribution in [-0.4, -0.2) is 39.7 Å². The van der Waals surface area contributed by atoms with Gasteiger partial charge in [-0.25, -0.2) is 0 Å². The average Bonchev–Trinajstić information content (AvgIpc) is 2.71. The lowest BCUT2D eigenvalue weighted by atomic mass is 9.71. The molecule has 176 valence electrons. The second-order valence-electron chi connectivity index (χ2n) is 9.58. The van der Waals surface area contributed by atoms with Crippen LogP contribution in [-0.2, 0) is 10.3 Å². The van der Waals surface area contributed by atoms with Crippen LogP contribution >= 0.6 is 0 Å². The molecule has 1 aromatic rings. The predicted molar refractivity (Wildman–Crippen MR) is 120 cm³/mol. The van der Waals surface area contributed by atoms with Gasteiger partial charge >= 0.3 is 0 Å². The number of rotatable bonds is 13. The number of hydrogen-bond acceptors (Lipinski definition) is 6. The van der Waals surface area contributed by atoms with Crippen molar-refractivity contribution in [3.8, 4) is 5.75 Å². The minimum absolute atomic E-state index is 0.0876. The van der Waals surface area contributed by atoms with E-state index in [-0.39, 0.29) is 30.7 Å². The Labute approximate surface area is 185 Å². The molecule has 0 radical (unpaired) electrons. The Hall–Kier alpha value is -1.86. The SMILES string of the molecule is CC(C)(CCCCCCO[N+](=O)[O-])c1ccc([C@@H]2C[C@H](O)CC[C@H]2CCCO)c(O)c1. The Morgan fingerprint density at radius 1 is 1.16 bits per heavy atom. The van der Waals surface area contributed by atoms with Gasteiger partial charge in [-0.3, -0.25) is 0 Å². The summed E-state index contributed by atoms with van der Waals surface area (Å²) in [5.74, 6) is 0.795. The third kappa shape index (κ3) is 7.96. The van der Waals surface area contributed by atoms with Crippen LogP contribution in [0.4, 0.5) is 0 Å². The monoisotopic (exact) mass is 437 g/mol. The summed E-state index contributed by atoms with van der Waals surface area (Å²) in [6, 6.07) is 6.00. The number of unbranched alkanes of at least 4 members (excludes halogenated alkanes) is 3. The quantitative estimate of drug-likeness (QED) is 0.231. The van der Waals surface area contributed by atoms with Crippen molar-refractivity contribution in [3.63, 3.8) is 0 Å². The first-order valence-corrected chi connectivity index (χ1v) is 11.6. The lowest BCUT2D eigenvalue weighted by molar-refractivity contribution is -0.757. The molecule has 0 heterocycles. The molecule has 1 fully saturated rings. The first kappa shape index (κ1) is 25.4. The Kier molecular flexibility index (Phi) is 10.0. The maximum absolute atomic E-state index is 10.8. The molecule has 1 saturated carbocycles. The molecule has 0 unspecified atom stereocenters. The summed E-state index contributed by atoms with van der Waals surface area (Å²) in [6.45, 7) is 4.67. The highest BCUT2D eigenvalue weighted by atomic mass is 16.9. The van der Waals surface area contributed by atoms with Crippen molar-refractivity contribution < 1.29 is 25.2 Å². The molecule has 1 aliphatic carbocycles. The normalized spacial score (nSPS) is 21.7. The van der Waals surface area contributed by atoms with Crippen molar-refractivity contribution >= 4 is 0 Å². The van der Waals surface area contributed by atoms with Gasteiger partial charge in [0.25, 0.3) is 5.09 Å². The van der Waals surface area contributed by atoms with E-state index in [4.69, 9.17) is 0 Å². The van der Waals surface area contributed by atoms with Gasteiger partial charge in [-0.2, -0.15) is 0 Å². The zero-order valence-corrected chi connectivity index (χ0v) is 19.0. The van der Waals surface area contributed by atoms with Gasteiger partial charge in [-0.05, 0) is 79.4 Å². The van der Waals surface area contributed by atoms with Crippen molar-refractivity contribution in [1.82, 2.24) is 0 Å². The van der Waals surface area contributed by atoms with E-state index in [9.17, 15) is 25.4 Å². The topological polar surface area (TPSA) is 113 Å². The van der Waals surface area contributed by atoms with Crippen molar-refractivity contribution in [3.05, 3.63) is 39.4 Å². The van der Waals surface area contributed by atoms with Gasteiger partial charge in [-0.1, -0.05) is 45.2 Å². The Balaban J connectivity index is 1.95. The number of benzene rings is 1. The van der Waals surface area contributed by atoms with Crippen LogP contribution in [0.15, 0.2) is 18.2 Å². The van der Waals surface area contributed by atoms with Gasteiger partial charge in [0.05, 0.1) is 12.7 Å². The Morgan fingerprint density at radius 3 is 2.58 bits per heavy atom. The molecule has 3 atom stereocenters. The molecule has 1 aliphatic rings. The van der Waals surface area contributed by atoms with E-state index < -0.39 is 5.09 Å². The molecule has 3 N–H and O–H groups in total. The maximum Gasteiger partial charge on any atom is 0.294 e. The number of aliphatic hydroxyl groups is 2. The molecule has 7 heteroatoms. The summed E-state index contributed by atoms with van der Waals surface area (Å²) < 4.78 is 0. The summed E-state index contributed by atoms with van der Waals surface area (Å²) in [7, 11) is 0. The van der Waals surface area contributed by atoms with Crippen LogP contribution in [0, 0.1) is 16.0 Å². The standard InChI is InChI=1S/C24H39NO6/c1-24(2,13-5-3-4-6-15-31-25(29)30)19-10-12-21(23(28)16-19)22-17-20(27)11-9-18(22)8-7-14-26/h10,12,16,18,20,22,26-28H,3-9,11,13-15,17H2,1-2H3/t18-,20-,22-/m1/s1. The first-order chi connectivity index (χ1) is 14.7. The summed E-state index contributed by atoms with van der Waals surface area (Å²) in [5, 5.41) is 39.6. The van der Waals surface area contributed by atoms with E-state index >= 15 is 0 Å². The van der Waals surface area contributed by atoms with Gasteiger partial charge in [0, 0.05) is 6.61 Å². The zero-order chi connectivity index (χ0) is 22.9. The number of phenolic OH excluding ortho intramolecular Hbond substituents is 1. The highest BCUT2D eigenvalue weighted by Gasteiger charge is 2.32. The molecule has 0 amide bonds. The highest BCUT2D eigenvalue weighted by Crippen LogP contribution is 2.44. The Morgan fingerprint density at radius 2 is 1.90 bits per heavy atom. The fraction of sp³-hybridized carbons (Fsp3) is 0.750. The molecule has 1 aromatic carbocycles. The molecule has 0 bridgehead atoms. The predicted octanol–water partition coefficient (Wildman–Crippen LogP) is 4.85. The number of nitrogens with zero attached hydrogens (tertiary/aromatic N) is 1. The lowest BCUT2D eigenvalue weighted by Crippen LogP contribution is -2.27. The maximum atomic E-state index is 10.8. The second-order valence-corrected chi connectivity index (χ2v) is 9.58. The third-order valence-corrected chi connectivity index (χ3v) is 6.80. The second kappa shape index (κ2) is 12.2. The van der Waals surface area contributed by atoms with E-state index in [1.807, 2.05) is 12.1 Å². The Bertz CT molecular complexity index is 691. The zero-order valence-electron chi connectivity index (χ0n) is 19.0. The summed E-state index contributed by atoms with van der Waals surface area (Å²) in [6.07, 6.45) is 8.23. The minimum Gasteiger partial charge on any atom is -0.508 e. The summed E-state index contributed by atoms with van der Waals surface area (Å²) in [4.78, 5) is 14.5. The molecule has 31 heavy (non-hydrogen) atoms. The molecule has 0 aromatic heterocycles. The van der Waals surface area contributed by atoms with Crippen LogP contribution < -0.4 is 0 Å². The smallest absolute Gasteiger partial charge is 0.294 e. The molecule has 0 aliphatic heterocycles. The van der Waals surface area contributed by atoms with Crippen molar-refractivity contribution in [2.75, 3.05) is 13.2 Å². The molecule has 0 spiro atoms. The largest absolute Gasteiger partial charge is 0.508 e. The molecule has 7 nitrogen and oxygen atoms in total. The van der Waals surface area contributed by atoms with Crippen molar-refractivity contribution in [2.45, 2.75) is 95.5 Å². The molecule has 0 saturated heterocycles. The first-order valence-electron chi connectivity index (χ1n) is 11.6. The fourth-order valence-corrected chi connectivity index (χ4v) is 4.88. The van der Waals surface area contributed by atoms with Crippen LogP contribution in [0.5, 0.6) is 5.75 Å². The number of hydrogen-bond donors (Lipinski definition) is 3. The molecule has 2 rings (SSSR count). The van der Waals surface area contributed by atoms with Gasteiger partial charge in [-0.15, -0.1) is 10.1 Å². The van der Waals surface area contributed by atoms with E-state index in [1.54, 1.807) is 0 Å². The van der Waals surface area contributed by atoms with E-state index in [1.165, 1.54) is 0 Å².